The van der Waals surface area contributed by atoms with E-state index in [9.17, 15) is 16.8 Å². The minimum absolute atomic E-state index is 0.0481. The Morgan fingerprint density at radius 2 is 1.50 bits per heavy atom. The number of hydrogen-bond donors (Lipinski definition) is 0. The van der Waals surface area contributed by atoms with E-state index in [1.54, 1.807) is 6.92 Å². The highest BCUT2D eigenvalue weighted by atomic mass is 32.2. The zero-order valence-corrected chi connectivity index (χ0v) is 10.8. The summed E-state index contributed by atoms with van der Waals surface area (Å²) in [5.41, 5.74) is 0.606. The van der Waals surface area contributed by atoms with Crippen LogP contribution in [0, 0.1) is 0 Å². The van der Waals surface area contributed by atoms with E-state index in [1.807, 2.05) is 0 Å². The van der Waals surface area contributed by atoms with Crippen molar-refractivity contribution >= 4 is 19.7 Å². The predicted molar refractivity (Wildman–Crippen MR) is 62.7 cm³/mol. The van der Waals surface area contributed by atoms with Crippen molar-refractivity contribution in [3.8, 4) is 0 Å². The Morgan fingerprint density at radius 3 is 1.88 bits per heavy atom. The third-order valence-corrected chi connectivity index (χ3v) is 4.96. The first-order valence-corrected chi connectivity index (χ1v) is 8.45. The van der Waals surface area contributed by atoms with Crippen molar-refractivity contribution in [1.29, 1.82) is 0 Å². The number of benzene rings is 1. The Bertz CT molecular complexity index is 553. The molecule has 0 unspecified atom stereocenters. The smallest absolute Gasteiger partial charge is 0.175 e. The number of rotatable bonds is 4. The van der Waals surface area contributed by atoms with Gasteiger partial charge in [0.15, 0.2) is 19.7 Å². The van der Waals surface area contributed by atoms with Crippen molar-refractivity contribution in [2.24, 2.45) is 0 Å². The second-order valence-corrected chi connectivity index (χ2v) is 7.96. The first-order valence-electron chi connectivity index (χ1n) is 4.74. The molecule has 0 radical (unpaired) electrons. The molecular weight excluding hydrogens is 248 g/mol. The normalized spacial score (nSPS) is 12.6. The molecule has 0 spiro atoms. The maximum Gasteiger partial charge on any atom is 0.175 e. The molecule has 0 N–H and O–H groups in total. The van der Waals surface area contributed by atoms with E-state index in [0.29, 0.717) is 5.56 Å². The van der Waals surface area contributed by atoms with Crippen molar-refractivity contribution in [3.63, 3.8) is 0 Å². The van der Waals surface area contributed by atoms with Crippen molar-refractivity contribution in [2.75, 3.05) is 12.0 Å². The fourth-order valence-electron chi connectivity index (χ4n) is 1.19. The Labute approximate surface area is 96.1 Å². The van der Waals surface area contributed by atoms with Crippen LogP contribution < -0.4 is 0 Å². The highest BCUT2D eigenvalue weighted by molar-refractivity contribution is 7.91. The average molecular weight is 262 g/mol. The van der Waals surface area contributed by atoms with Gasteiger partial charge in [-0.1, -0.05) is 19.1 Å². The molecule has 0 aliphatic carbocycles. The first-order chi connectivity index (χ1) is 7.24. The lowest BCUT2D eigenvalue weighted by atomic mass is 10.2. The molecule has 0 atom stereocenters. The van der Waals surface area contributed by atoms with Crippen LogP contribution >= 0.6 is 0 Å². The molecule has 1 aromatic carbocycles. The van der Waals surface area contributed by atoms with Gasteiger partial charge in [-0.05, 0) is 17.7 Å². The second kappa shape index (κ2) is 4.55. The average Bonchev–Trinajstić information content (AvgIpc) is 2.16. The molecule has 0 saturated heterocycles. The summed E-state index contributed by atoms with van der Waals surface area (Å²) in [6.45, 7) is 1.58. The monoisotopic (exact) mass is 262 g/mol. The van der Waals surface area contributed by atoms with Crippen LogP contribution in [0.5, 0.6) is 0 Å². The van der Waals surface area contributed by atoms with Crippen molar-refractivity contribution < 1.29 is 16.8 Å². The summed E-state index contributed by atoms with van der Waals surface area (Å²) in [6.07, 6.45) is 1.12. The van der Waals surface area contributed by atoms with E-state index in [2.05, 4.69) is 0 Å². The molecule has 6 heteroatoms. The van der Waals surface area contributed by atoms with Gasteiger partial charge < -0.3 is 0 Å². The van der Waals surface area contributed by atoms with Gasteiger partial charge in [-0.2, -0.15) is 0 Å². The summed E-state index contributed by atoms with van der Waals surface area (Å²) in [5.74, 6) is 0.0361. The van der Waals surface area contributed by atoms with Crippen LogP contribution in [0.2, 0.25) is 0 Å². The predicted octanol–water partition coefficient (Wildman–Crippen LogP) is 1.02. The second-order valence-electron chi connectivity index (χ2n) is 3.59. The summed E-state index contributed by atoms with van der Waals surface area (Å²) in [7, 11) is -6.29. The maximum atomic E-state index is 11.3. The molecule has 0 aromatic heterocycles. The lowest BCUT2D eigenvalue weighted by Crippen LogP contribution is -2.06. The molecule has 0 aliphatic heterocycles. The van der Waals surface area contributed by atoms with Gasteiger partial charge in [0.25, 0.3) is 0 Å². The number of hydrogen-bond acceptors (Lipinski definition) is 4. The SMILES string of the molecule is CCS(=O)(=O)Cc1ccc(S(C)(=O)=O)cc1. The van der Waals surface area contributed by atoms with Gasteiger partial charge in [0.05, 0.1) is 10.6 Å². The molecule has 1 aromatic rings. The van der Waals surface area contributed by atoms with Crippen LogP contribution in [0.3, 0.4) is 0 Å². The summed E-state index contributed by atoms with van der Waals surface area (Å²) in [6, 6.07) is 5.92. The molecular formula is C10H14O4S2. The summed E-state index contributed by atoms with van der Waals surface area (Å²) in [5, 5.41) is 0. The molecule has 0 amide bonds. The zero-order chi connectivity index (χ0) is 12.4. The van der Waals surface area contributed by atoms with Crippen LogP contribution in [-0.4, -0.2) is 28.8 Å². The summed E-state index contributed by atoms with van der Waals surface area (Å²) >= 11 is 0. The van der Waals surface area contributed by atoms with E-state index in [-0.39, 0.29) is 16.4 Å². The Balaban J connectivity index is 2.97. The van der Waals surface area contributed by atoms with Crippen molar-refractivity contribution in [3.05, 3.63) is 29.8 Å². The van der Waals surface area contributed by atoms with Crippen LogP contribution in [0.15, 0.2) is 29.2 Å². The molecule has 1 rings (SSSR count). The zero-order valence-electron chi connectivity index (χ0n) is 9.17. The molecule has 0 saturated carbocycles. The van der Waals surface area contributed by atoms with Gasteiger partial charge in [0.2, 0.25) is 0 Å². The topological polar surface area (TPSA) is 68.3 Å². The fraction of sp³-hybridized carbons (Fsp3) is 0.400. The fourth-order valence-corrected chi connectivity index (χ4v) is 2.72. The van der Waals surface area contributed by atoms with Crippen molar-refractivity contribution in [2.45, 2.75) is 17.6 Å². The van der Waals surface area contributed by atoms with Gasteiger partial charge in [0, 0.05) is 12.0 Å². The van der Waals surface area contributed by atoms with Gasteiger partial charge in [-0.15, -0.1) is 0 Å². The molecule has 0 fully saturated rings. The Kier molecular flexibility index (Phi) is 3.75. The Morgan fingerprint density at radius 1 is 1.00 bits per heavy atom. The van der Waals surface area contributed by atoms with Crippen LogP contribution in [0.4, 0.5) is 0 Å². The van der Waals surface area contributed by atoms with Gasteiger partial charge >= 0.3 is 0 Å². The minimum Gasteiger partial charge on any atom is -0.229 e. The van der Waals surface area contributed by atoms with E-state index in [1.165, 1.54) is 24.3 Å². The summed E-state index contributed by atoms with van der Waals surface area (Å²) in [4.78, 5) is 0.199. The first kappa shape index (κ1) is 13.2. The van der Waals surface area contributed by atoms with E-state index in [0.717, 1.165) is 6.26 Å². The maximum absolute atomic E-state index is 11.3. The standard InChI is InChI=1S/C10H14O4S2/c1-3-16(13,14)8-9-4-6-10(7-5-9)15(2,11)12/h4-7H,3,8H2,1-2H3. The quantitative estimate of drug-likeness (QED) is 0.812. The van der Waals surface area contributed by atoms with E-state index in [4.69, 9.17) is 0 Å². The molecule has 0 bridgehead atoms. The van der Waals surface area contributed by atoms with Crippen LogP contribution in [0.1, 0.15) is 12.5 Å². The molecule has 0 aliphatic rings. The van der Waals surface area contributed by atoms with Gasteiger partial charge in [-0.25, -0.2) is 16.8 Å². The molecule has 90 valence electrons. The minimum atomic E-state index is -3.22. The van der Waals surface area contributed by atoms with E-state index >= 15 is 0 Å². The molecule has 0 heterocycles. The highest BCUT2D eigenvalue weighted by Crippen LogP contribution is 2.12. The van der Waals surface area contributed by atoms with Crippen molar-refractivity contribution in [1.82, 2.24) is 0 Å². The lowest BCUT2D eigenvalue weighted by Gasteiger charge is -2.03. The van der Waals surface area contributed by atoms with Crippen LogP contribution in [0.25, 0.3) is 0 Å². The van der Waals surface area contributed by atoms with Gasteiger partial charge in [-0.3, -0.25) is 0 Å². The Hall–Kier alpha value is -0.880. The highest BCUT2D eigenvalue weighted by Gasteiger charge is 2.10. The third-order valence-electron chi connectivity index (χ3n) is 2.18. The third kappa shape index (κ3) is 3.61. The lowest BCUT2D eigenvalue weighted by molar-refractivity contribution is 0.596. The summed E-state index contributed by atoms with van der Waals surface area (Å²) < 4.78 is 45.0. The van der Waals surface area contributed by atoms with E-state index < -0.39 is 19.7 Å². The largest absolute Gasteiger partial charge is 0.229 e. The molecule has 16 heavy (non-hydrogen) atoms. The molecule has 4 nitrogen and oxygen atoms in total. The van der Waals surface area contributed by atoms with Gasteiger partial charge in [0.1, 0.15) is 0 Å². The van der Waals surface area contributed by atoms with Crippen LogP contribution in [-0.2, 0) is 25.4 Å². The number of sulfone groups is 2.